The van der Waals surface area contributed by atoms with Gasteiger partial charge in [0.25, 0.3) is 5.91 Å². The third kappa shape index (κ3) is 3.76. The Morgan fingerprint density at radius 1 is 0.967 bits per heavy atom. The van der Waals surface area contributed by atoms with E-state index in [0.29, 0.717) is 35.1 Å². The van der Waals surface area contributed by atoms with Gasteiger partial charge in [0.15, 0.2) is 17.6 Å². The van der Waals surface area contributed by atoms with Crippen LogP contribution in [0.1, 0.15) is 13.8 Å². The maximum atomic E-state index is 12.8. The maximum Gasteiger partial charge on any atom is 0.265 e. The number of hydrogen-bond donors (Lipinski definition) is 1. The predicted octanol–water partition coefficient (Wildman–Crippen LogP) is 5.40. The molecular weight excluding hydrogens is 382 g/mol. The molecule has 3 aromatic carbocycles. The Balaban J connectivity index is 1.58. The van der Waals surface area contributed by atoms with Crippen molar-refractivity contribution in [3.8, 4) is 17.2 Å². The summed E-state index contributed by atoms with van der Waals surface area (Å²) in [6.07, 6.45) is -0.748. The molecular formula is C24H23NO5. The number of anilines is 1. The van der Waals surface area contributed by atoms with Crippen LogP contribution in [-0.4, -0.2) is 25.7 Å². The number of benzene rings is 3. The average Bonchev–Trinajstić information content (AvgIpc) is 3.12. The summed E-state index contributed by atoms with van der Waals surface area (Å²) in [5, 5.41) is 4.80. The highest BCUT2D eigenvalue weighted by Crippen LogP contribution is 2.36. The highest BCUT2D eigenvalue weighted by Gasteiger charge is 2.20. The molecule has 0 spiro atoms. The third-order valence-electron chi connectivity index (χ3n) is 4.78. The molecule has 30 heavy (non-hydrogen) atoms. The molecule has 1 amide bonds. The Hall–Kier alpha value is -3.67. The minimum Gasteiger partial charge on any atom is -0.495 e. The van der Waals surface area contributed by atoms with Gasteiger partial charge in [0.1, 0.15) is 16.9 Å². The third-order valence-corrected chi connectivity index (χ3v) is 4.78. The number of furan rings is 1. The second kappa shape index (κ2) is 8.37. The van der Waals surface area contributed by atoms with E-state index in [1.165, 1.54) is 0 Å². The van der Waals surface area contributed by atoms with E-state index >= 15 is 0 Å². The predicted molar refractivity (Wildman–Crippen MR) is 117 cm³/mol. The highest BCUT2D eigenvalue weighted by atomic mass is 16.5. The van der Waals surface area contributed by atoms with Gasteiger partial charge >= 0.3 is 0 Å². The molecule has 0 fully saturated rings. The van der Waals surface area contributed by atoms with Gasteiger partial charge in [-0.25, -0.2) is 0 Å². The van der Waals surface area contributed by atoms with Crippen molar-refractivity contribution in [3.05, 3.63) is 60.7 Å². The molecule has 0 bridgehead atoms. The minimum absolute atomic E-state index is 0.310. The maximum absolute atomic E-state index is 12.8. The topological polar surface area (TPSA) is 69.9 Å². The lowest BCUT2D eigenvalue weighted by atomic mass is 10.1. The lowest BCUT2D eigenvalue weighted by Crippen LogP contribution is -2.30. The highest BCUT2D eigenvalue weighted by molar-refractivity contribution is 6.08. The number of carbonyl (C=O) groups is 1. The summed E-state index contributed by atoms with van der Waals surface area (Å²) >= 11 is 0. The molecule has 0 aliphatic heterocycles. The normalized spacial score (nSPS) is 12.0. The van der Waals surface area contributed by atoms with Crippen LogP contribution in [0.5, 0.6) is 17.2 Å². The first-order valence-corrected chi connectivity index (χ1v) is 9.79. The fourth-order valence-electron chi connectivity index (χ4n) is 3.32. The number of ether oxygens (including phenoxy) is 3. The van der Waals surface area contributed by atoms with Crippen molar-refractivity contribution in [1.29, 1.82) is 0 Å². The summed E-state index contributed by atoms with van der Waals surface area (Å²) in [6, 6.07) is 18.7. The van der Waals surface area contributed by atoms with Crippen LogP contribution in [-0.2, 0) is 4.79 Å². The molecule has 0 aliphatic rings. The molecule has 0 saturated heterocycles. The second-order valence-corrected chi connectivity index (χ2v) is 6.78. The summed E-state index contributed by atoms with van der Waals surface area (Å²) in [4.78, 5) is 12.8. The summed E-state index contributed by atoms with van der Waals surface area (Å²) in [6.45, 7) is 4.09. The van der Waals surface area contributed by atoms with Crippen LogP contribution in [0.25, 0.3) is 21.9 Å². The first kappa shape index (κ1) is 19.6. The molecule has 4 rings (SSSR count). The van der Waals surface area contributed by atoms with Crippen molar-refractivity contribution in [3.63, 3.8) is 0 Å². The summed E-state index contributed by atoms with van der Waals surface area (Å²) < 4.78 is 22.8. The van der Waals surface area contributed by atoms with Gasteiger partial charge in [0.05, 0.1) is 19.4 Å². The Labute approximate surface area is 174 Å². The van der Waals surface area contributed by atoms with Crippen LogP contribution in [0.3, 0.4) is 0 Å². The first-order valence-electron chi connectivity index (χ1n) is 9.79. The van der Waals surface area contributed by atoms with E-state index in [2.05, 4.69) is 5.32 Å². The monoisotopic (exact) mass is 405 g/mol. The number of para-hydroxylation sites is 3. The average molecular weight is 405 g/mol. The standard InChI is InChI=1S/C24H23NO5/c1-4-28-20-11-7-8-12-21(20)29-15(2)24(26)25-18-14-22-17(13-23(18)27-3)16-9-5-6-10-19(16)30-22/h5-15H,4H2,1-3H3,(H,25,26)/t15-/m0/s1. The van der Waals surface area contributed by atoms with Gasteiger partial charge in [-0.3, -0.25) is 4.79 Å². The molecule has 0 unspecified atom stereocenters. The lowest BCUT2D eigenvalue weighted by molar-refractivity contribution is -0.122. The van der Waals surface area contributed by atoms with E-state index in [1.807, 2.05) is 55.5 Å². The SMILES string of the molecule is CCOc1ccccc1O[C@@H](C)C(=O)Nc1cc2oc3ccccc3c2cc1OC. The summed E-state index contributed by atoms with van der Waals surface area (Å²) in [7, 11) is 1.57. The van der Waals surface area contributed by atoms with Gasteiger partial charge in [0, 0.05) is 16.8 Å². The second-order valence-electron chi connectivity index (χ2n) is 6.78. The smallest absolute Gasteiger partial charge is 0.265 e. The van der Waals surface area contributed by atoms with Gasteiger partial charge in [-0.15, -0.1) is 0 Å². The zero-order valence-electron chi connectivity index (χ0n) is 17.1. The van der Waals surface area contributed by atoms with E-state index in [9.17, 15) is 4.79 Å². The van der Waals surface area contributed by atoms with Gasteiger partial charge in [0.2, 0.25) is 0 Å². The fourth-order valence-corrected chi connectivity index (χ4v) is 3.32. The lowest BCUT2D eigenvalue weighted by Gasteiger charge is -2.18. The van der Waals surface area contributed by atoms with E-state index in [0.717, 1.165) is 16.4 Å². The van der Waals surface area contributed by atoms with Crippen LogP contribution in [0.4, 0.5) is 5.69 Å². The van der Waals surface area contributed by atoms with Crippen LogP contribution in [0.2, 0.25) is 0 Å². The molecule has 1 atom stereocenters. The number of methoxy groups -OCH3 is 1. The number of carbonyl (C=O) groups excluding carboxylic acids is 1. The van der Waals surface area contributed by atoms with E-state index in [-0.39, 0.29) is 5.91 Å². The summed E-state index contributed by atoms with van der Waals surface area (Å²) in [5.41, 5.74) is 1.97. The minimum atomic E-state index is -0.748. The van der Waals surface area contributed by atoms with Crippen LogP contribution >= 0.6 is 0 Å². The number of amides is 1. The molecule has 154 valence electrons. The number of nitrogens with one attached hydrogen (secondary N) is 1. The Kier molecular flexibility index (Phi) is 5.48. The van der Waals surface area contributed by atoms with Gasteiger partial charge in [-0.2, -0.15) is 0 Å². The molecule has 0 aliphatic carbocycles. The number of rotatable bonds is 7. The molecule has 1 heterocycles. The van der Waals surface area contributed by atoms with E-state index < -0.39 is 6.10 Å². The number of fused-ring (bicyclic) bond motifs is 3. The summed E-state index contributed by atoms with van der Waals surface area (Å²) in [5.74, 6) is 1.35. The van der Waals surface area contributed by atoms with Crippen molar-refractivity contribution < 1.29 is 23.4 Å². The van der Waals surface area contributed by atoms with Crippen molar-refractivity contribution in [2.75, 3.05) is 19.0 Å². The van der Waals surface area contributed by atoms with Crippen LogP contribution in [0, 0.1) is 0 Å². The molecule has 1 aromatic heterocycles. The molecule has 0 radical (unpaired) electrons. The zero-order valence-corrected chi connectivity index (χ0v) is 17.1. The van der Waals surface area contributed by atoms with E-state index in [4.69, 9.17) is 18.6 Å². The Morgan fingerprint density at radius 3 is 2.47 bits per heavy atom. The molecule has 4 aromatic rings. The van der Waals surface area contributed by atoms with Crippen molar-refractivity contribution >= 4 is 33.5 Å². The van der Waals surface area contributed by atoms with Gasteiger partial charge in [-0.05, 0) is 38.1 Å². The molecule has 6 heteroatoms. The van der Waals surface area contributed by atoms with Crippen LogP contribution < -0.4 is 19.5 Å². The molecule has 0 saturated carbocycles. The van der Waals surface area contributed by atoms with Gasteiger partial charge < -0.3 is 23.9 Å². The Morgan fingerprint density at radius 2 is 1.70 bits per heavy atom. The largest absolute Gasteiger partial charge is 0.495 e. The van der Waals surface area contributed by atoms with Crippen molar-refractivity contribution in [2.45, 2.75) is 20.0 Å². The quantitative estimate of drug-likeness (QED) is 0.446. The van der Waals surface area contributed by atoms with Gasteiger partial charge in [-0.1, -0.05) is 30.3 Å². The van der Waals surface area contributed by atoms with Crippen molar-refractivity contribution in [1.82, 2.24) is 0 Å². The fraction of sp³-hybridized carbons (Fsp3) is 0.208. The molecule has 6 nitrogen and oxygen atoms in total. The Bertz CT molecular complexity index is 1200. The first-order chi connectivity index (χ1) is 14.6. The van der Waals surface area contributed by atoms with Crippen molar-refractivity contribution in [2.24, 2.45) is 0 Å². The number of hydrogen-bond acceptors (Lipinski definition) is 5. The molecule has 1 N–H and O–H groups in total. The van der Waals surface area contributed by atoms with Crippen LogP contribution in [0.15, 0.2) is 65.1 Å². The van der Waals surface area contributed by atoms with E-state index in [1.54, 1.807) is 26.2 Å². The zero-order chi connectivity index (χ0) is 21.1.